The maximum absolute atomic E-state index is 12.0. The Balaban J connectivity index is 2.54. The van der Waals surface area contributed by atoms with Gasteiger partial charge in [0.2, 0.25) is 0 Å². The van der Waals surface area contributed by atoms with Crippen LogP contribution in [0.3, 0.4) is 0 Å². The Morgan fingerprint density at radius 1 is 1.44 bits per heavy atom. The van der Waals surface area contributed by atoms with Gasteiger partial charge in [-0.15, -0.1) is 11.3 Å². The molecule has 4 nitrogen and oxygen atoms in total. The topological polar surface area (TPSA) is 68.0 Å². The quantitative estimate of drug-likeness (QED) is 0.875. The summed E-state index contributed by atoms with van der Waals surface area (Å²) in [6.45, 7) is 7.92. The summed E-state index contributed by atoms with van der Waals surface area (Å²) >= 11 is 1.60. The molecule has 2 aromatic rings. The van der Waals surface area contributed by atoms with Gasteiger partial charge >= 0.3 is 0 Å². The largest absolute Gasteiger partial charge is 0.383 e. The Labute approximate surface area is 110 Å². The van der Waals surface area contributed by atoms with Crippen molar-refractivity contribution in [1.29, 1.82) is 0 Å². The summed E-state index contributed by atoms with van der Waals surface area (Å²) in [7, 11) is 0. The Hall–Kier alpha value is -1.62. The number of fused-ring (bicyclic) bond motifs is 1. The minimum atomic E-state index is -0.167. The summed E-state index contributed by atoms with van der Waals surface area (Å²) in [5.74, 6) is 0.127. The molecule has 0 saturated heterocycles. The molecule has 3 N–H and O–H groups in total. The van der Waals surface area contributed by atoms with Crippen LogP contribution in [-0.2, 0) is 0 Å². The van der Waals surface area contributed by atoms with Gasteiger partial charge in [-0.2, -0.15) is 0 Å². The molecule has 2 heterocycles. The van der Waals surface area contributed by atoms with Crippen LogP contribution in [0.5, 0.6) is 0 Å². The molecule has 0 unspecified atom stereocenters. The summed E-state index contributed by atoms with van der Waals surface area (Å²) in [6.07, 6.45) is 0. The van der Waals surface area contributed by atoms with Crippen molar-refractivity contribution in [2.24, 2.45) is 0 Å². The Morgan fingerprint density at radius 2 is 2.11 bits per heavy atom. The van der Waals surface area contributed by atoms with Crippen molar-refractivity contribution in [3.63, 3.8) is 0 Å². The first-order valence-electron chi connectivity index (χ1n) is 5.87. The van der Waals surface area contributed by atoms with Crippen molar-refractivity contribution in [2.75, 3.05) is 5.73 Å². The molecule has 0 saturated carbocycles. The fourth-order valence-corrected chi connectivity index (χ4v) is 2.81. The maximum Gasteiger partial charge on any atom is 0.255 e. The molecule has 2 rings (SSSR count). The van der Waals surface area contributed by atoms with Crippen LogP contribution in [0.1, 0.15) is 34.6 Å². The van der Waals surface area contributed by atoms with Gasteiger partial charge in [0.1, 0.15) is 10.6 Å². The number of aromatic nitrogens is 1. The lowest BCUT2D eigenvalue weighted by atomic mass is 10.1. The minimum absolute atomic E-state index is 0.0814. The molecular formula is C13H17N3OS. The third-order valence-corrected chi connectivity index (χ3v) is 3.98. The van der Waals surface area contributed by atoms with Gasteiger partial charge in [0.15, 0.2) is 0 Å². The molecule has 0 aliphatic rings. The summed E-state index contributed by atoms with van der Waals surface area (Å²) < 4.78 is 0. The number of amides is 1. The lowest BCUT2D eigenvalue weighted by Crippen LogP contribution is -2.30. The summed E-state index contributed by atoms with van der Waals surface area (Å²) in [5, 5.41) is 3.85. The number of anilines is 1. The molecule has 0 bridgehead atoms. The van der Waals surface area contributed by atoms with Crippen LogP contribution in [0, 0.1) is 13.8 Å². The molecule has 18 heavy (non-hydrogen) atoms. The third-order valence-electron chi connectivity index (χ3n) is 2.86. The van der Waals surface area contributed by atoms with E-state index in [0.29, 0.717) is 11.4 Å². The summed E-state index contributed by atoms with van der Waals surface area (Å²) in [6, 6.07) is 1.92. The number of carbonyl (C=O) groups excluding carboxylic acids is 1. The Bertz CT molecular complexity index is 616. The number of hydrogen-bond donors (Lipinski definition) is 2. The van der Waals surface area contributed by atoms with E-state index in [4.69, 9.17) is 5.73 Å². The summed E-state index contributed by atoms with van der Waals surface area (Å²) in [5.41, 5.74) is 7.48. The number of aryl methyl sites for hydroxylation is 2. The van der Waals surface area contributed by atoms with E-state index in [9.17, 15) is 4.79 Å². The first kappa shape index (κ1) is 12.8. The zero-order valence-electron chi connectivity index (χ0n) is 11.0. The van der Waals surface area contributed by atoms with E-state index in [-0.39, 0.29) is 11.9 Å². The number of nitrogens with one attached hydrogen (secondary N) is 1. The van der Waals surface area contributed by atoms with E-state index < -0.39 is 0 Å². The predicted octanol–water partition coefficient (Wildman–Crippen LogP) is 2.63. The highest BCUT2D eigenvalue weighted by Gasteiger charge is 2.15. The second-order valence-corrected chi connectivity index (χ2v) is 5.89. The lowest BCUT2D eigenvalue weighted by Gasteiger charge is -2.09. The Morgan fingerprint density at radius 3 is 2.72 bits per heavy atom. The average molecular weight is 263 g/mol. The van der Waals surface area contributed by atoms with Gasteiger partial charge in [-0.3, -0.25) is 4.79 Å². The highest BCUT2D eigenvalue weighted by Crippen LogP contribution is 2.30. The number of nitrogen functional groups attached to an aromatic ring is 1. The average Bonchev–Trinajstić information content (AvgIpc) is 2.52. The van der Waals surface area contributed by atoms with Crippen LogP contribution in [-0.4, -0.2) is 16.9 Å². The second kappa shape index (κ2) is 4.57. The van der Waals surface area contributed by atoms with Gasteiger partial charge in [-0.05, 0) is 39.3 Å². The monoisotopic (exact) mass is 263 g/mol. The molecule has 2 aromatic heterocycles. The van der Waals surface area contributed by atoms with Gasteiger partial charge < -0.3 is 11.1 Å². The maximum atomic E-state index is 12.0. The number of thiophene rings is 1. The molecule has 0 radical (unpaired) electrons. The zero-order valence-corrected chi connectivity index (χ0v) is 11.8. The number of nitrogens with two attached hydrogens (primary N) is 1. The molecular weight excluding hydrogens is 246 g/mol. The number of nitrogens with zero attached hydrogens (tertiary/aromatic N) is 1. The molecule has 0 fully saturated rings. The number of carbonyl (C=O) groups is 1. The van der Waals surface area contributed by atoms with Gasteiger partial charge in [0.05, 0.1) is 5.56 Å². The van der Waals surface area contributed by atoms with Gasteiger partial charge in [0.25, 0.3) is 5.91 Å². The fourth-order valence-electron chi connectivity index (χ4n) is 1.79. The van der Waals surface area contributed by atoms with Crippen molar-refractivity contribution in [3.05, 3.63) is 22.1 Å². The highest BCUT2D eigenvalue weighted by atomic mass is 32.1. The molecule has 0 spiro atoms. The van der Waals surface area contributed by atoms with Crippen molar-refractivity contribution in [2.45, 2.75) is 33.7 Å². The molecule has 0 atom stereocenters. The summed E-state index contributed by atoms with van der Waals surface area (Å²) in [4.78, 5) is 18.4. The fraction of sp³-hybridized carbons (Fsp3) is 0.385. The van der Waals surface area contributed by atoms with Crippen LogP contribution in [0.25, 0.3) is 10.2 Å². The van der Waals surface area contributed by atoms with E-state index in [0.717, 1.165) is 10.2 Å². The van der Waals surface area contributed by atoms with Crippen molar-refractivity contribution in [3.8, 4) is 0 Å². The van der Waals surface area contributed by atoms with E-state index in [1.807, 2.05) is 33.8 Å². The smallest absolute Gasteiger partial charge is 0.255 e. The van der Waals surface area contributed by atoms with E-state index in [1.54, 1.807) is 11.3 Å². The van der Waals surface area contributed by atoms with Crippen molar-refractivity contribution >= 4 is 33.3 Å². The van der Waals surface area contributed by atoms with E-state index in [1.165, 1.54) is 10.4 Å². The molecule has 1 amide bonds. The van der Waals surface area contributed by atoms with Crippen molar-refractivity contribution in [1.82, 2.24) is 10.3 Å². The Kier molecular flexibility index (Phi) is 3.26. The third kappa shape index (κ3) is 2.18. The van der Waals surface area contributed by atoms with Gasteiger partial charge in [-0.25, -0.2) is 4.98 Å². The predicted molar refractivity (Wildman–Crippen MR) is 76.1 cm³/mol. The second-order valence-electron chi connectivity index (χ2n) is 4.69. The van der Waals surface area contributed by atoms with Crippen LogP contribution in [0.15, 0.2) is 6.07 Å². The zero-order chi connectivity index (χ0) is 13.4. The van der Waals surface area contributed by atoms with Crippen molar-refractivity contribution < 1.29 is 4.79 Å². The molecule has 0 aliphatic heterocycles. The SMILES string of the molecule is Cc1sc2nc(N)c(C(=O)NC(C)C)cc2c1C. The van der Waals surface area contributed by atoms with Gasteiger partial charge in [0, 0.05) is 16.3 Å². The normalized spacial score (nSPS) is 11.2. The number of pyridine rings is 1. The first-order chi connectivity index (χ1) is 8.40. The molecule has 5 heteroatoms. The minimum Gasteiger partial charge on any atom is -0.383 e. The number of rotatable bonds is 2. The standard InChI is InChI=1S/C13H17N3OS/c1-6(2)15-12(17)10-5-9-7(3)8(4)18-13(9)16-11(10)14/h5-6H,1-4H3,(H2,14,16)(H,15,17). The van der Waals surface area contributed by atoms with Crippen LogP contribution < -0.4 is 11.1 Å². The molecule has 0 aromatic carbocycles. The number of hydrogen-bond acceptors (Lipinski definition) is 4. The van der Waals surface area contributed by atoms with E-state index in [2.05, 4.69) is 10.3 Å². The van der Waals surface area contributed by atoms with Crippen LogP contribution in [0.2, 0.25) is 0 Å². The molecule has 96 valence electrons. The van der Waals surface area contributed by atoms with Crippen LogP contribution >= 0.6 is 11.3 Å². The highest BCUT2D eigenvalue weighted by molar-refractivity contribution is 7.18. The van der Waals surface area contributed by atoms with E-state index >= 15 is 0 Å². The van der Waals surface area contributed by atoms with Gasteiger partial charge in [-0.1, -0.05) is 0 Å². The molecule has 0 aliphatic carbocycles. The van der Waals surface area contributed by atoms with Crippen LogP contribution in [0.4, 0.5) is 5.82 Å². The lowest BCUT2D eigenvalue weighted by molar-refractivity contribution is 0.0944. The first-order valence-corrected chi connectivity index (χ1v) is 6.69.